The Labute approximate surface area is 70.1 Å². The minimum atomic E-state index is -1.39. The van der Waals surface area contributed by atoms with Crippen LogP contribution in [0.25, 0.3) is 0 Å². The van der Waals surface area contributed by atoms with E-state index in [1.807, 2.05) is 0 Å². The predicted molar refractivity (Wildman–Crippen MR) is 50.3 cm³/mol. The first-order chi connectivity index (χ1) is 3.25. The highest BCUT2D eigenvalue weighted by Crippen LogP contribution is 2.38. The highest BCUT2D eigenvalue weighted by atomic mass is 35.6. The quantitative estimate of drug-likeness (QED) is 0.401. The molecule has 0 saturated heterocycles. The molecule has 0 aromatic rings. The van der Waals surface area contributed by atoms with Crippen LogP contribution < -0.4 is 0 Å². The monoisotopic (exact) mass is 186 g/mol. The Balaban J connectivity index is 0. The first kappa shape index (κ1) is 12.5. The van der Waals surface area contributed by atoms with Gasteiger partial charge >= 0.3 is 0 Å². The normalized spacial score (nSPS) is 12.7. The molecule has 0 aliphatic rings. The van der Waals surface area contributed by atoms with E-state index < -0.39 is 7.38 Å². The highest BCUT2D eigenvalue weighted by molar-refractivity contribution is 7.20. The number of rotatable bonds is 0. The molecule has 0 bridgehead atoms. The van der Waals surface area contributed by atoms with Gasteiger partial charge in [-0.05, 0) is 5.04 Å². The van der Waals surface area contributed by atoms with E-state index in [1.165, 1.54) is 0 Å². The lowest BCUT2D eigenvalue weighted by molar-refractivity contribution is 0.735. The lowest BCUT2D eigenvalue weighted by atomic mass is 10.2. The maximum atomic E-state index is 6.15. The van der Waals surface area contributed by atoms with Gasteiger partial charge in [-0.25, -0.2) is 0 Å². The lowest BCUT2D eigenvalue weighted by Crippen LogP contribution is -2.29. The molecule has 0 amide bonds. The Hall–Kier alpha value is 0.797. The van der Waals surface area contributed by atoms with Gasteiger partial charge in [0.2, 0.25) is 0 Å². The first-order valence-electron chi connectivity index (χ1n) is 2.94. The van der Waals surface area contributed by atoms with E-state index in [2.05, 4.69) is 33.9 Å². The van der Waals surface area contributed by atoms with Crippen molar-refractivity contribution in [3.63, 3.8) is 0 Å². The maximum absolute atomic E-state index is 6.15. The summed E-state index contributed by atoms with van der Waals surface area (Å²) in [6.45, 7) is 11.0. The third-order valence-corrected chi connectivity index (χ3v) is 7.05. The topological polar surface area (TPSA) is 0 Å². The van der Waals surface area contributed by atoms with Crippen LogP contribution in [0.3, 0.4) is 0 Å². The number of hydrogen-bond acceptors (Lipinski definition) is 0. The lowest BCUT2D eigenvalue weighted by Gasteiger charge is -2.29. The summed E-state index contributed by atoms with van der Waals surface area (Å²) in [6, 6.07) is 0. The van der Waals surface area contributed by atoms with Crippen molar-refractivity contribution in [3.05, 3.63) is 0 Å². The molecule has 0 rings (SSSR count). The summed E-state index contributed by atoms with van der Waals surface area (Å²) >= 11 is 6.15. The van der Waals surface area contributed by atoms with E-state index in [1.54, 1.807) is 0 Å². The van der Waals surface area contributed by atoms with Gasteiger partial charge in [-0.15, -0.1) is 12.4 Å². The van der Waals surface area contributed by atoms with Crippen molar-refractivity contribution in [1.82, 2.24) is 0 Å². The van der Waals surface area contributed by atoms with Crippen molar-refractivity contribution in [2.24, 2.45) is 0 Å². The summed E-state index contributed by atoms with van der Waals surface area (Å²) in [5.74, 6) is 0. The van der Waals surface area contributed by atoms with Gasteiger partial charge in [0.1, 0.15) is 0 Å². The molecule has 0 aliphatic carbocycles. The minimum absolute atomic E-state index is 0. The minimum Gasteiger partial charge on any atom is -0.167 e. The third kappa shape index (κ3) is 4.23. The average molecular weight is 187 g/mol. The summed E-state index contributed by atoms with van der Waals surface area (Å²) < 4.78 is 0. The van der Waals surface area contributed by atoms with Crippen LogP contribution in [0.4, 0.5) is 0 Å². The zero-order chi connectivity index (χ0) is 7.00. The predicted octanol–water partition coefficient (Wildman–Crippen LogP) is 3.65. The van der Waals surface area contributed by atoms with Gasteiger partial charge in [-0.1, -0.05) is 33.9 Å². The molecule has 9 heavy (non-hydrogen) atoms. The van der Waals surface area contributed by atoms with Gasteiger partial charge in [0, 0.05) is 0 Å². The van der Waals surface area contributed by atoms with Crippen molar-refractivity contribution in [1.29, 1.82) is 0 Å². The molecule has 0 fully saturated rings. The average Bonchev–Trinajstić information content (AvgIpc) is 1.25. The van der Waals surface area contributed by atoms with Gasteiger partial charge in [0.05, 0.1) is 0 Å². The van der Waals surface area contributed by atoms with Crippen LogP contribution in [-0.4, -0.2) is 7.38 Å². The molecule has 3 heteroatoms. The molecular formula is C6H16Cl2Si. The van der Waals surface area contributed by atoms with Crippen LogP contribution >= 0.6 is 23.5 Å². The molecular weight excluding hydrogens is 171 g/mol. The Morgan fingerprint density at radius 3 is 1.22 bits per heavy atom. The van der Waals surface area contributed by atoms with E-state index in [4.69, 9.17) is 11.1 Å². The molecule has 0 saturated carbocycles. The van der Waals surface area contributed by atoms with Crippen molar-refractivity contribution in [3.8, 4) is 0 Å². The van der Waals surface area contributed by atoms with Gasteiger partial charge in [0.25, 0.3) is 0 Å². The van der Waals surface area contributed by atoms with E-state index in [-0.39, 0.29) is 12.4 Å². The molecule has 0 aromatic carbocycles. The summed E-state index contributed by atoms with van der Waals surface area (Å²) in [6.07, 6.45) is 0. The Bertz CT molecular complexity index is 66.0. The molecule has 0 spiro atoms. The van der Waals surface area contributed by atoms with Crippen LogP contribution in [-0.2, 0) is 0 Å². The molecule has 0 aromatic heterocycles. The molecule has 0 unspecified atom stereocenters. The van der Waals surface area contributed by atoms with Crippen LogP contribution in [0.5, 0.6) is 0 Å². The third-order valence-electron chi connectivity index (χ3n) is 1.78. The number of hydrogen-bond donors (Lipinski definition) is 0. The van der Waals surface area contributed by atoms with Crippen LogP contribution in [0.2, 0.25) is 18.1 Å². The van der Waals surface area contributed by atoms with Crippen LogP contribution in [0, 0.1) is 0 Å². The smallest absolute Gasteiger partial charge is 0.155 e. The first-order valence-corrected chi connectivity index (χ1v) is 6.95. The van der Waals surface area contributed by atoms with Crippen LogP contribution in [0.1, 0.15) is 20.8 Å². The fourth-order valence-electron chi connectivity index (χ4n) is 0. The van der Waals surface area contributed by atoms with Crippen LogP contribution in [0.15, 0.2) is 0 Å². The summed E-state index contributed by atoms with van der Waals surface area (Å²) in [5.41, 5.74) is 0. The molecule has 0 nitrogen and oxygen atoms in total. The molecule has 0 heterocycles. The highest BCUT2D eigenvalue weighted by Gasteiger charge is 2.32. The maximum Gasteiger partial charge on any atom is 0.155 e. The Morgan fingerprint density at radius 2 is 1.22 bits per heavy atom. The standard InChI is InChI=1S/C6H15ClSi.ClH/c1-6(2,3)8(4,5)7;/h1-5H3;1H. The van der Waals surface area contributed by atoms with Crippen molar-refractivity contribution in [2.75, 3.05) is 0 Å². The van der Waals surface area contributed by atoms with Crippen molar-refractivity contribution < 1.29 is 0 Å². The molecule has 0 aliphatic heterocycles. The SMILES string of the molecule is CC(C)(C)[Si](C)(C)Cl.Cl. The van der Waals surface area contributed by atoms with E-state index >= 15 is 0 Å². The van der Waals surface area contributed by atoms with Gasteiger partial charge in [0.15, 0.2) is 7.38 Å². The second kappa shape index (κ2) is 3.27. The van der Waals surface area contributed by atoms with Crippen molar-refractivity contribution in [2.45, 2.75) is 38.9 Å². The van der Waals surface area contributed by atoms with Gasteiger partial charge < -0.3 is 0 Å². The zero-order valence-corrected chi connectivity index (χ0v) is 9.36. The fourth-order valence-corrected chi connectivity index (χ4v) is 0. The van der Waals surface area contributed by atoms with E-state index in [9.17, 15) is 0 Å². The summed E-state index contributed by atoms with van der Waals surface area (Å²) in [4.78, 5) is 0. The Kier molecular flexibility index (Phi) is 4.53. The van der Waals surface area contributed by atoms with Gasteiger partial charge in [-0.3, -0.25) is 0 Å². The number of halogens is 2. The largest absolute Gasteiger partial charge is 0.167 e. The molecule has 0 radical (unpaired) electrons. The second-order valence-electron chi connectivity index (χ2n) is 3.72. The van der Waals surface area contributed by atoms with E-state index in [0.717, 1.165) is 0 Å². The van der Waals surface area contributed by atoms with Gasteiger partial charge in [-0.2, -0.15) is 11.1 Å². The summed E-state index contributed by atoms with van der Waals surface area (Å²) in [5, 5.41) is 0.342. The molecule has 0 atom stereocenters. The second-order valence-corrected chi connectivity index (χ2v) is 11.0. The molecule has 58 valence electrons. The molecule has 0 N–H and O–H groups in total. The summed E-state index contributed by atoms with van der Waals surface area (Å²) in [7, 11) is -1.39. The van der Waals surface area contributed by atoms with E-state index in [0.29, 0.717) is 5.04 Å². The van der Waals surface area contributed by atoms with Crippen molar-refractivity contribution >= 4 is 30.9 Å². The Morgan fingerprint density at radius 1 is 1.11 bits per heavy atom. The zero-order valence-electron chi connectivity index (χ0n) is 6.79. The fraction of sp³-hybridized carbons (Fsp3) is 1.00.